The highest BCUT2D eigenvalue weighted by molar-refractivity contribution is 7.10. The van der Waals surface area contributed by atoms with E-state index in [2.05, 4.69) is 16.8 Å². The quantitative estimate of drug-likeness (QED) is 0.714. The number of rotatable bonds is 4. The molecule has 1 fully saturated rings. The Labute approximate surface area is 151 Å². The van der Waals surface area contributed by atoms with Gasteiger partial charge in [-0.05, 0) is 74.0 Å². The van der Waals surface area contributed by atoms with Crippen molar-refractivity contribution < 1.29 is 9.50 Å². The molecule has 1 unspecified atom stereocenters. The molecule has 3 nitrogen and oxygen atoms in total. The first-order valence-corrected chi connectivity index (χ1v) is 9.70. The number of fused-ring (bicyclic) bond motifs is 1. The summed E-state index contributed by atoms with van der Waals surface area (Å²) >= 11 is 1.63. The van der Waals surface area contributed by atoms with Crippen molar-refractivity contribution in [3.05, 3.63) is 57.7 Å². The Hall–Kier alpha value is -1.69. The molecule has 5 heteroatoms. The van der Waals surface area contributed by atoms with Gasteiger partial charge in [0.2, 0.25) is 0 Å². The lowest BCUT2D eigenvalue weighted by Crippen LogP contribution is -2.35. The van der Waals surface area contributed by atoms with Gasteiger partial charge in [0.25, 0.3) is 0 Å². The van der Waals surface area contributed by atoms with E-state index in [0.29, 0.717) is 5.92 Å². The van der Waals surface area contributed by atoms with Crippen molar-refractivity contribution in [1.82, 2.24) is 9.88 Å². The molecule has 1 atom stereocenters. The average molecular weight is 358 g/mol. The second-order valence-electron chi connectivity index (χ2n) is 6.99. The molecule has 0 aliphatic carbocycles. The van der Waals surface area contributed by atoms with E-state index in [1.165, 1.54) is 6.07 Å². The van der Waals surface area contributed by atoms with Crippen molar-refractivity contribution in [3.63, 3.8) is 0 Å². The van der Waals surface area contributed by atoms with Crippen LogP contribution in [0, 0.1) is 18.7 Å². The van der Waals surface area contributed by atoms with Gasteiger partial charge in [-0.15, -0.1) is 11.3 Å². The zero-order chi connectivity index (χ0) is 17.4. The monoisotopic (exact) mass is 358 g/mol. The first kappa shape index (κ1) is 16.8. The van der Waals surface area contributed by atoms with Crippen LogP contribution in [0.1, 0.15) is 35.1 Å². The number of benzene rings is 1. The summed E-state index contributed by atoms with van der Waals surface area (Å²) in [4.78, 5) is 6.94. The molecular weight excluding hydrogens is 335 g/mol. The number of halogens is 1. The van der Waals surface area contributed by atoms with Gasteiger partial charge in [0, 0.05) is 28.0 Å². The summed E-state index contributed by atoms with van der Waals surface area (Å²) in [7, 11) is 0. The molecule has 1 aromatic carbocycles. The predicted molar refractivity (Wildman–Crippen MR) is 100 cm³/mol. The maximum atomic E-state index is 13.5. The van der Waals surface area contributed by atoms with Gasteiger partial charge in [-0.3, -0.25) is 4.90 Å². The van der Waals surface area contributed by atoms with E-state index in [9.17, 15) is 9.50 Å². The summed E-state index contributed by atoms with van der Waals surface area (Å²) in [5.74, 6) is 0.150. The van der Waals surface area contributed by atoms with Crippen LogP contribution in [0.5, 0.6) is 0 Å². The SMILES string of the molecule is Cc1c(CN2CCC(C(O)c3cccs3)CC2)[nH]c2ccc(F)cc12. The Balaban J connectivity index is 1.41. The van der Waals surface area contributed by atoms with Crippen LogP contribution in [0.4, 0.5) is 4.39 Å². The maximum absolute atomic E-state index is 13.5. The van der Waals surface area contributed by atoms with Gasteiger partial charge in [0.05, 0.1) is 6.10 Å². The van der Waals surface area contributed by atoms with Crippen LogP contribution in [-0.2, 0) is 6.54 Å². The van der Waals surface area contributed by atoms with Crippen molar-refractivity contribution in [3.8, 4) is 0 Å². The standard InChI is InChI=1S/C20H23FN2OS/c1-13-16-11-15(21)4-5-17(16)22-18(13)12-23-8-6-14(7-9-23)20(24)19-3-2-10-25-19/h2-5,10-11,14,20,22,24H,6-9,12H2,1H3. The number of nitrogens with one attached hydrogen (secondary N) is 1. The average Bonchev–Trinajstić information content (AvgIpc) is 3.25. The number of thiophene rings is 1. The molecule has 25 heavy (non-hydrogen) atoms. The topological polar surface area (TPSA) is 39.3 Å². The van der Waals surface area contributed by atoms with Crippen molar-refractivity contribution in [2.24, 2.45) is 5.92 Å². The molecule has 3 aromatic rings. The number of H-pyrrole nitrogens is 1. The minimum absolute atomic E-state index is 0.190. The molecule has 1 aliphatic rings. The van der Waals surface area contributed by atoms with Gasteiger partial charge in [-0.25, -0.2) is 4.39 Å². The van der Waals surface area contributed by atoms with E-state index < -0.39 is 0 Å². The van der Waals surface area contributed by atoms with Gasteiger partial charge in [0.1, 0.15) is 5.82 Å². The number of aromatic nitrogens is 1. The highest BCUT2D eigenvalue weighted by Gasteiger charge is 2.27. The minimum Gasteiger partial charge on any atom is -0.387 e. The molecule has 4 rings (SSSR count). The first-order valence-electron chi connectivity index (χ1n) is 8.82. The van der Waals surface area contributed by atoms with Crippen molar-refractivity contribution in [2.75, 3.05) is 13.1 Å². The van der Waals surface area contributed by atoms with Crippen LogP contribution in [0.2, 0.25) is 0 Å². The number of nitrogens with zero attached hydrogens (tertiary/aromatic N) is 1. The number of hydrogen-bond acceptors (Lipinski definition) is 3. The molecule has 2 aromatic heterocycles. The van der Waals surface area contributed by atoms with Gasteiger partial charge in [0.15, 0.2) is 0 Å². The number of aromatic amines is 1. The van der Waals surface area contributed by atoms with Crippen molar-refractivity contribution in [2.45, 2.75) is 32.4 Å². The number of aryl methyl sites for hydroxylation is 1. The van der Waals surface area contributed by atoms with Gasteiger partial charge >= 0.3 is 0 Å². The highest BCUT2D eigenvalue weighted by Crippen LogP contribution is 2.33. The number of aliphatic hydroxyl groups excluding tert-OH is 1. The number of aliphatic hydroxyl groups is 1. The lowest BCUT2D eigenvalue weighted by Gasteiger charge is -2.33. The van der Waals surface area contributed by atoms with Crippen molar-refractivity contribution >= 4 is 22.2 Å². The Kier molecular flexibility index (Phi) is 4.63. The third-order valence-electron chi connectivity index (χ3n) is 5.42. The fourth-order valence-electron chi connectivity index (χ4n) is 3.85. The molecule has 0 amide bonds. The smallest absolute Gasteiger partial charge is 0.123 e. The van der Waals surface area contributed by atoms with Crippen LogP contribution in [-0.4, -0.2) is 28.1 Å². The Morgan fingerprint density at radius 2 is 2.12 bits per heavy atom. The Morgan fingerprint density at radius 1 is 1.32 bits per heavy atom. The second kappa shape index (κ2) is 6.90. The summed E-state index contributed by atoms with van der Waals surface area (Å²) in [5.41, 5.74) is 3.30. The molecule has 0 spiro atoms. The summed E-state index contributed by atoms with van der Waals surface area (Å²) in [6, 6.07) is 8.94. The molecule has 1 aliphatic heterocycles. The highest BCUT2D eigenvalue weighted by atomic mass is 32.1. The lowest BCUT2D eigenvalue weighted by atomic mass is 9.90. The first-order chi connectivity index (χ1) is 12.1. The third-order valence-corrected chi connectivity index (χ3v) is 6.36. The fraction of sp³-hybridized carbons (Fsp3) is 0.400. The predicted octanol–water partition coefficient (Wildman–Crippen LogP) is 4.62. The van der Waals surface area contributed by atoms with E-state index in [4.69, 9.17) is 0 Å². The maximum Gasteiger partial charge on any atom is 0.123 e. The number of hydrogen-bond donors (Lipinski definition) is 2. The normalized spacial score (nSPS) is 18.0. The van der Waals surface area contributed by atoms with Crippen LogP contribution in [0.3, 0.4) is 0 Å². The summed E-state index contributed by atoms with van der Waals surface area (Å²) in [6.07, 6.45) is 1.68. The molecule has 132 valence electrons. The van der Waals surface area contributed by atoms with Gasteiger partial charge < -0.3 is 10.1 Å². The molecule has 3 heterocycles. The lowest BCUT2D eigenvalue weighted by molar-refractivity contribution is 0.0587. The third kappa shape index (κ3) is 3.36. The van der Waals surface area contributed by atoms with E-state index in [1.54, 1.807) is 17.4 Å². The number of piperidine rings is 1. The van der Waals surface area contributed by atoms with Gasteiger partial charge in [-0.2, -0.15) is 0 Å². The van der Waals surface area contributed by atoms with E-state index in [-0.39, 0.29) is 11.9 Å². The van der Waals surface area contributed by atoms with E-state index >= 15 is 0 Å². The zero-order valence-corrected chi connectivity index (χ0v) is 15.2. The van der Waals surface area contributed by atoms with E-state index in [1.807, 2.05) is 23.6 Å². The van der Waals surface area contributed by atoms with Crippen LogP contribution in [0.25, 0.3) is 10.9 Å². The largest absolute Gasteiger partial charge is 0.387 e. The fourth-order valence-corrected chi connectivity index (χ4v) is 4.66. The molecular formula is C20H23FN2OS. The van der Waals surface area contributed by atoms with Crippen LogP contribution >= 0.6 is 11.3 Å². The van der Waals surface area contributed by atoms with Crippen LogP contribution < -0.4 is 0 Å². The van der Waals surface area contributed by atoms with E-state index in [0.717, 1.165) is 59.5 Å². The molecule has 2 N–H and O–H groups in total. The molecule has 0 saturated carbocycles. The molecule has 1 saturated heterocycles. The summed E-state index contributed by atoms with van der Waals surface area (Å²) in [5, 5.41) is 13.5. The van der Waals surface area contributed by atoms with Crippen molar-refractivity contribution in [1.29, 1.82) is 0 Å². The zero-order valence-electron chi connectivity index (χ0n) is 14.3. The number of likely N-dealkylation sites (tertiary alicyclic amines) is 1. The Morgan fingerprint density at radius 3 is 2.84 bits per heavy atom. The minimum atomic E-state index is -0.333. The van der Waals surface area contributed by atoms with Gasteiger partial charge in [-0.1, -0.05) is 6.07 Å². The summed E-state index contributed by atoms with van der Waals surface area (Å²) in [6.45, 7) is 4.87. The summed E-state index contributed by atoms with van der Waals surface area (Å²) < 4.78 is 13.5. The Bertz CT molecular complexity index is 850. The second-order valence-corrected chi connectivity index (χ2v) is 7.97. The molecule has 0 bridgehead atoms. The molecule has 0 radical (unpaired) electrons. The van der Waals surface area contributed by atoms with Crippen LogP contribution in [0.15, 0.2) is 35.7 Å².